The van der Waals surface area contributed by atoms with E-state index in [0.29, 0.717) is 5.69 Å². The van der Waals surface area contributed by atoms with Gasteiger partial charge in [-0.1, -0.05) is 18.2 Å². The van der Waals surface area contributed by atoms with Crippen LogP contribution in [0.4, 0.5) is 5.69 Å². The van der Waals surface area contributed by atoms with Gasteiger partial charge in [-0.3, -0.25) is 4.79 Å². The highest BCUT2D eigenvalue weighted by Gasteiger charge is 2.14. The molecule has 0 radical (unpaired) electrons. The van der Waals surface area contributed by atoms with E-state index in [1.165, 1.54) is 13.2 Å². The Morgan fingerprint density at radius 3 is 2.50 bits per heavy atom. The van der Waals surface area contributed by atoms with Crippen molar-refractivity contribution in [3.05, 3.63) is 53.6 Å². The number of rotatable bonds is 4. The molecular formula is C15H15NO4. The van der Waals surface area contributed by atoms with Gasteiger partial charge < -0.3 is 20.3 Å². The molecule has 0 saturated carbocycles. The van der Waals surface area contributed by atoms with E-state index < -0.39 is 5.91 Å². The average molecular weight is 273 g/mol. The minimum absolute atomic E-state index is 0.0507. The number of ether oxygens (including phenoxy) is 1. The molecule has 0 aromatic heterocycles. The molecule has 0 bridgehead atoms. The summed E-state index contributed by atoms with van der Waals surface area (Å²) < 4.78 is 4.96. The maximum Gasteiger partial charge on any atom is 0.259 e. The van der Waals surface area contributed by atoms with Crippen LogP contribution < -0.4 is 10.1 Å². The summed E-state index contributed by atoms with van der Waals surface area (Å²) in [5, 5.41) is 21.5. The van der Waals surface area contributed by atoms with Gasteiger partial charge in [0, 0.05) is 5.69 Å². The highest BCUT2D eigenvalue weighted by molar-refractivity contribution is 6.06. The largest absolute Gasteiger partial charge is 0.504 e. The number of nitrogens with one attached hydrogen (secondary N) is 1. The number of methoxy groups -OCH3 is 1. The second-order valence-corrected chi connectivity index (χ2v) is 4.17. The lowest BCUT2D eigenvalue weighted by Crippen LogP contribution is -2.12. The lowest BCUT2D eigenvalue weighted by atomic mass is 10.1. The monoisotopic (exact) mass is 273 g/mol. The molecule has 1 amide bonds. The maximum atomic E-state index is 12.1. The molecular weight excluding hydrogens is 258 g/mol. The van der Waals surface area contributed by atoms with Crippen LogP contribution in [0.5, 0.6) is 11.5 Å². The van der Waals surface area contributed by atoms with Gasteiger partial charge >= 0.3 is 0 Å². The molecule has 3 N–H and O–H groups in total. The molecule has 0 saturated heterocycles. The number of aliphatic hydroxyl groups excluding tert-OH is 1. The van der Waals surface area contributed by atoms with E-state index in [2.05, 4.69) is 5.32 Å². The van der Waals surface area contributed by atoms with Crippen molar-refractivity contribution in [1.82, 2.24) is 0 Å². The molecule has 0 aliphatic rings. The number of carbonyl (C=O) groups is 1. The molecule has 2 aromatic rings. The molecule has 2 rings (SSSR count). The number of carbonyl (C=O) groups excluding carboxylic acids is 1. The number of hydrogen-bond donors (Lipinski definition) is 3. The molecule has 0 fully saturated rings. The summed E-state index contributed by atoms with van der Waals surface area (Å²) in [5.41, 5.74) is 1.47. The van der Waals surface area contributed by atoms with Crippen molar-refractivity contribution in [2.24, 2.45) is 0 Å². The second kappa shape index (κ2) is 6.08. The molecule has 0 spiro atoms. The highest BCUT2D eigenvalue weighted by atomic mass is 16.5. The summed E-state index contributed by atoms with van der Waals surface area (Å²) in [6.07, 6.45) is 0. The first kappa shape index (κ1) is 13.9. The number of hydrogen-bond acceptors (Lipinski definition) is 4. The van der Waals surface area contributed by atoms with E-state index in [0.717, 1.165) is 5.56 Å². The predicted octanol–water partition coefficient (Wildman–Crippen LogP) is 2.15. The lowest BCUT2D eigenvalue weighted by molar-refractivity contribution is 0.102. The van der Waals surface area contributed by atoms with Crippen LogP contribution in [0.1, 0.15) is 15.9 Å². The Labute approximate surface area is 116 Å². The van der Waals surface area contributed by atoms with Gasteiger partial charge in [0.1, 0.15) is 0 Å². The molecule has 0 heterocycles. The summed E-state index contributed by atoms with van der Waals surface area (Å²) in [5.74, 6) is -0.383. The molecule has 5 heteroatoms. The van der Waals surface area contributed by atoms with Crippen molar-refractivity contribution in [1.29, 1.82) is 0 Å². The number of anilines is 1. The molecule has 0 atom stereocenters. The van der Waals surface area contributed by atoms with E-state index in [4.69, 9.17) is 9.84 Å². The molecule has 0 unspecified atom stereocenters. The van der Waals surface area contributed by atoms with Crippen LogP contribution >= 0.6 is 0 Å². The van der Waals surface area contributed by atoms with Gasteiger partial charge in [0.15, 0.2) is 11.5 Å². The third-order valence-corrected chi connectivity index (χ3v) is 2.86. The van der Waals surface area contributed by atoms with Crippen LogP contribution in [0.25, 0.3) is 0 Å². The zero-order chi connectivity index (χ0) is 14.5. The van der Waals surface area contributed by atoms with E-state index in [1.807, 2.05) is 0 Å². The average Bonchev–Trinajstić information content (AvgIpc) is 2.48. The normalized spacial score (nSPS) is 10.1. The van der Waals surface area contributed by atoms with Gasteiger partial charge in [0.05, 0.1) is 19.3 Å². The highest BCUT2D eigenvalue weighted by Crippen LogP contribution is 2.29. The second-order valence-electron chi connectivity index (χ2n) is 4.17. The Kier molecular flexibility index (Phi) is 4.22. The first-order valence-electron chi connectivity index (χ1n) is 6.03. The smallest absolute Gasteiger partial charge is 0.259 e. The number of phenols is 1. The Morgan fingerprint density at radius 2 is 1.90 bits per heavy atom. The number of benzene rings is 2. The number of para-hydroxylation sites is 1. The van der Waals surface area contributed by atoms with Crippen LogP contribution in [-0.2, 0) is 6.61 Å². The molecule has 2 aromatic carbocycles. The molecule has 20 heavy (non-hydrogen) atoms. The van der Waals surface area contributed by atoms with Crippen molar-refractivity contribution in [3.63, 3.8) is 0 Å². The number of aliphatic hydroxyl groups is 1. The van der Waals surface area contributed by atoms with Gasteiger partial charge in [-0.15, -0.1) is 0 Å². The van der Waals surface area contributed by atoms with E-state index >= 15 is 0 Å². The topological polar surface area (TPSA) is 78.8 Å². The standard InChI is InChI=1S/C15H15NO4/c1-20-13-4-2-3-12(14(13)18)15(19)16-11-7-5-10(9-17)6-8-11/h2-8,17-18H,9H2,1H3,(H,16,19). The number of amides is 1. The van der Waals surface area contributed by atoms with Crippen LogP contribution in [-0.4, -0.2) is 23.2 Å². The van der Waals surface area contributed by atoms with Gasteiger partial charge in [-0.25, -0.2) is 0 Å². The van der Waals surface area contributed by atoms with Gasteiger partial charge in [0.25, 0.3) is 5.91 Å². The van der Waals surface area contributed by atoms with Crippen molar-refractivity contribution in [3.8, 4) is 11.5 Å². The van der Waals surface area contributed by atoms with Crippen molar-refractivity contribution in [2.45, 2.75) is 6.61 Å². The van der Waals surface area contributed by atoms with Crippen LogP contribution in [0.2, 0.25) is 0 Å². The third-order valence-electron chi connectivity index (χ3n) is 2.86. The van der Waals surface area contributed by atoms with Gasteiger partial charge in [-0.05, 0) is 29.8 Å². The fourth-order valence-corrected chi connectivity index (χ4v) is 1.76. The van der Waals surface area contributed by atoms with E-state index in [-0.39, 0.29) is 23.7 Å². The Balaban J connectivity index is 2.19. The van der Waals surface area contributed by atoms with Crippen LogP contribution in [0, 0.1) is 0 Å². The molecule has 0 aliphatic heterocycles. The zero-order valence-corrected chi connectivity index (χ0v) is 11.0. The van der Waals surface area contributed by atoms with E-state index in [1.54, 1.807) is 36.4 Å². The zero-order valence-electron chi connectivity index (χ0n) is 11.0. The van der Waals surface area contributed by atoms with Crippen LogP contribution in [0.3, 0.4) is 0 Å². The van der Waals surface area contributed by atoms with Gasteiger partial charge in [-0.2, -0.15) is 0 Å². The Bertz CT molecular complexity index is 608. The number of aromatic hydroxyl groups is 1. The fourth-order valence-electron chi connectivity index (χ4n) is 1.76. The predicted molar refractivity (Wildman–Crippen MR) is 75.0 cm³/mol. The van der Waals surface area contributed by atoms with Crippen molar-refractivity contribution < 1.29 is 19.7 Å². The quantitative estimate of drug-likeness (QED) is 0.797. The summed E-state index contributed by atoms with van der Waals surface area (Å²) >= 11 is 0. The SMILES string of the molecule is COc1cccc(C(=O)Nc2ccc(CO)cc2)c1O. The summed E-state index contributed by atoms with van der Waals surface area (Å²) in [6, 6.07) is 11.5. The van der Waals surface area contributed by atoms with Crippen molar-refractivity contribution >= 4 is 11.6 Å². The maximum absolute atomic E-state index is 12.1. The molecule has 104 valence electrons. The summed E-state index contributed by atoms with van der Waals surface area (Å²) in [6.45, 7) is -0.0507. The van der Waals surface area contributed by atoms with Crippen molar-refractivity contribution in [2.75, 3.05) is 12.4 Å². The Hall–Kier alpha value is -2.53. The molecule has 5 nitrogen and oxygen atoms in total. The summed E-state index contributed by atoms with van der Waals surface area (Å²) in [4.78, 5) is 12.1. The lowest BCUT2D eigenvalue weighted by Gasteiger charge is -2.09. The molecule has 0 aliphatic carbocycles. The van der Waals surface area contributed by atoms with E-state index in [9.17, 15) is 9.90 Å². The first-order chi connectivity index (χ1) is 9.65. The minimum Gasteiger partial charge on any atom is -0.504 e. The van der Waals surface area contributed by atoms with Gasteiger partial charge in [0.2, 0.25) is 0 Å². The number of phenolic OH excluding ortho intramolecular Hbond substituents is 1. The minimum atomic E-state index is -0.432. The first-order valence-corrected chi connectivity index (χ1v) is 6.03. The van der Waals surface area contributed by atoms with Crippen LogP contribution in [0.15, 0.2) is 42.5 Å². The third kappa shape index (κ3) is 2.89. The fraction of sp³-hybridized carbons (Fsp3) is 0.133. The summed E-state index contributed by atoms with van der Waals surface area (Å²) in [7, 11) is 1.42. The Morgan fingerprint density at radius 1 is 1.20 bits per heavy atom.